The second-order valence-corrected chi connectivity index (χ2v) is 8.07. The van der Waals surface area contributed by atoms with E-state index in [1.54, 1.807) is 0 Å². The number of para-hydroxylation sites is 1. The highest BCUT2D eigenvalue weighted by molar-refractivity contribution is 9.10. The highest BCUT2D eigenvalue weighted by Gasteiger charge is 2.19. The van der Waals surface area contributed by atoms with Crippen molar-refractivity contribution in [3.05, 3.63) is 57.2 Å². The van der Waals surface area contributed by atoms with Crippen LogP contribution in [0.5, 0.6) is 0 Å². The molecule has 0 aliphatic carbocycles. The number of rotatable bonds is 4. The van der Waals surface area contributed by atoms with Crippen molar-refractivity contribution in [3.63, 3.8) is 0 Å². The fourth-order valence-corrected chi connectivity index (χ4v) is 4.89. The van der Waals surface area contributed by atoms with Gasteiger partial charge in [0.1, 0.15) is 0 Å². The summed E-state index contributed by atoms with van der Waals surface area (Å²) in [5, 5.41) is 1.07. The maximum Gasteiger partial charge on any atom is 0.0804 e. The van der Waals surface area contributed by atoms with Gasteiger partial charge in [-0.1, -0.05) is 48.0 Å². The number of anilines is 1. The summed E-state index contributed by atoms with van der Waals surface area (Å²) in [6, 6.07) is 10.7. The Kier molecular flexibility index (Phi) is 5.38. The molecule has 0 saturated heterocycles. The van der Waals surface area contributed by atoms with Gasteiger partial charge in [0, 0.05) is 32.4 Å². The summed E-state index contributed by atoms with van der Waals surface area (Å²) in [4.78, 5) is 5.04. The van der Waals surface area contributed by atoms with E-state index in [1.807, 2.05) is 0 Å². The zero-order valence-electron chi connectivity index (χ0n) is 16.3. The Hall–Kier alpha value is -1.87. The fraction of sp³-hybridized carbons (Fsp3) is 0.348. The summed E-state index contributed by atoms with van der Waals surface area (Å²) in [5.74, 6) is 0.465. The molecule has 0 atom stereocenters. The van der Waals surface area contributed by atoms with Crippen LogP contribution >= 0.6 is 15.9 Å². The molecule has 0 fully saturated rings. The molecule has 3 aromatic rings. The molecular formula is C23H27BrN2. The first-order chi connectivity index (χ1) is 12.4. The summed E-state index contributed by atoms with van der Waals surface area (Å²) in [6.45, 7) is 10.9. The van der Waals surface area contributed by atoms with Crippen LogP contribution < -0.4 is 5.73 Å². The van der Waals surface area contributed by atoms with E-state index in [1.165, 1.54) is 22.3 Å². The molecule has 3 heteroatoms. The van der Waals surface area contributed by atoms with Crippen LogP contribution in [0, 0.1) is 20.8 Å². The molecule has 0 radical (unpaired) electrons. The number of fused-ring (bicyclic) bond motifs is 1. The Morgan fingerprint density at radius 2 is 1.65 bits per heavy atom. The second kappa shape index (κ2) is 7.40. The molecule has 3 rings (SSSR count). The first kappa shape index (κ1) is 18.9. The van der Waals surface area contributed by atoms with Gasteiger partial charge in [0.2, 0.25) is 0 Å². The molecule has 0 bridgehead atoms. The first-order valence-electron chi connectivity index (χ1n) is 9.34. The van der Waals surface area contributed by atoms with Crippen LogP contribution in [0.2, 0.25) is 0 Å². The highest BCUT2D eigenvalue weighted by Crippen LogP contribution is 2.39. The van der Waals surface area contributed by atoms with E-state index in [-0.39, 0.29) is 0 Å². The van der Waals surface area contributed by atoms with E-state index in [4.69, 9.17) is 10.7 Å². The number of nitrogens with two attached hydrogens (primary N) is 1. The van der Waals surface area contributed by atoms with Crippen LogP contribution in [0.4, 0.5) is 5.69 Å². The predicted molar refractivity (Wildman–Crippen MR) is 117 cm³/mol. The van der Waals surface area contributed by atoms with Gasteiger partial charge in [-0.05, 0) is 68.4 Å². The number of hydrogen-bond acceptors (Lipinski definition) is 2. The number of nitrogen functional groups attached to an aromatic ring is 1. The third-order valence-electron chi connectivity index (χ3n) is 5.45. The summed E-state index contributed by atoms with van der Waals surface area (Å²) >= 11 is 3.60. The van der Waals surface area contributed by atoms with Crippen LogP contribution in [0.3, 0.4) is 0 Å². The van der Waals surface area contributed by atoms with Gasteiger partial charge in [0.25, 0.3) is 0 Å². The Labute approximate surface area is 165 Å². The Balaban J connectivity index is 2.35. The molecule has 0 aliphatic rings. The minimum atomic E-state index is 0.465. The summed E-state index contributed by atoms with van der Waals surface area (Å²) in [5.41, 5.74) is 15.8. The van der Waals surface area contributed by atoms with Crippen molar-refractivity contribution in [3.8, 4) is 11.1 Å². The monoisotopic (exact) mass is 410 g/mol. The second-order valence-electron chi connectivity index (χ2n) is 7.15. The van der Waals surface area contributed by atoms with Crippen molar-refractivity contribution in [1.82, 2.24) is 4.98 Å². The molecular weight excluding hydrogens is 384 g/mol. The van der Waals surface area contributed by atoms with Crippen LogP contribution in [-0.2, 0) is 0 Å². The molecule has 2 nitrogen and oxygen atoms in total. The molecule has 2 N–H and O–H groups in total. The number of benzene rings is 2. The molecule has 1 heterocycles. The van der Waals surface area contributed by atoms with Crippen LogP contribution in [0.15, 0.2) is 34.8 Å². The number of pyridine rings is 1. The lowest BCUT2D eigenvalue weighted by atomic mass is 9.88. The van der Waals surface area contributed by atoms with Crippen LogP contribution in [0.25, 0.3) is 22.0 Å². The smallest absolute Gasteiger partial charge is 0.0804 e. The van der Waals surface area contributed by atoms with Gasteiger partial charge in [0.05, 0.1) is 5.52 Å². The molecule has 136 valence electrons. The van der Waals surface area contributed by atoms with Crippen LogP contribution in [0.1, 0.15) is 55.0 Å². The standard InChI is InChI=1S/C23H27BrN2/c1-6-16(7-2)21-15(5)26-23-18(9-8-10-19(23)22(21)25)20-13(3)11-17(24)12-14(20)4/h8-12,16H,6-7H2,1-5H3,(H2,25,26). The van der Waals surface area contributed by atoms with Gasteiger partial charge in [-0.3, -0.25) is 4.98 Å². The van der Waals surface area contributed by atoms with Crippen molar-refractivity contribution < 1.29 is 0 Å². The largest absolute Gasteiger partial charge is 0.398 e. The van der Waals surface area contributed by atoms with E-state index in [9.17, 15) is 0 Å². The lowest BCUT2D eigenvalue weighted by Gasteiger charge is -2.21. The van der Waals surface area contributed by atoms with Crippen molar-refractivity contribution >= 4 is 32.5 Å². The zero-order chi connectivity index (χ0) is 19.0. The third kappa shape index (κ3) is 3.14. The van der Waals surface area contributed by atoms with Gasteiger partial charge < -0.3 is 5.73 Å². The average molecular weight is 411 g/mol. The Morgan fingerprint density at radius 1 is 1.04 bits per heavy atom. The molecule has 0 aliphatic heterocycles. The SMILES string of the molecule is CCC(CC)c1c(C)nc2c(-c3c(C)cc(Br)cc3C)cccc2c1N. The van der Waals surface area contributed by atoms with Crippen LogP contribution in [-0.4, -0.2) is 4.98 Å². The van der Waals surface area contributed by atoms with E-state index >= 15 is 0 Å². The maximum absolute atomic E-state index is 6.67. The zero-order valence-corrected chi connectivity index (χ0v) is 17.9. The highest BCUT2D eigenvalue weighted by atomic mass is 79.9. The number of nitrogens with zero attached hydrogens (tertiary/aromatic N) is 1. The van der Waals surface area contributed by atoms with Crippen molar-refractivity contribution in [2.45, 2.75) is 53.4 Å². The molecule has 0 saturated carbocycles. The molecule has 2 aromatic carbocycles. The number of hydrogen-bond donors (Lipinski definition) is 1. The normalized spacial score (nSPS) is 11.5. The molecule has 0 unspecified atom stereocenters. The van der Waals surface area contributed by atoms with Crippen molar-refractivity contribution in [2.75, 3.05) is 5.73 Å². The van der Waals surface area contributed by atoms with Crippen molar-refractivity contribution in [1.29, 1.82) is 0 Å². The van der Waals surface area contributed by atoms with E-state index in [2.05, 4.69) is 80.9 Å². The lowest BCUT2D eigenvalue weighted by molar-refractivity contribution is 0.638. The molecule has 0 spiro atoms. The molecule has 0 amide bonds. The minimum absolute atomic E-state index is 0.465. The van der Waals surface area contributed by atoms with Gasteiger partial charge in [0.15, 0.2) is 0 Å². The van der Waals surface area contributed by atoms with Gasteiger partial charge in [-0.15, -0.1) is 0 Å². The lowest BCUT2D eigenvalue weighted by Crippen LogP contribution is -2.07. The minimum Gasteiger partial charge on any atom is -0.398 e. The van der Waals surface area contributed by atoms with Crippen molar-refractivity contribution in [2.24, 2.45) is 0 Å². The van der Waals surface area contributed by atoms with E-state index in [0.29, 0.717) is 5.92 Å². The number of aryl methyl sites for hydroxylation is 3. The fourth-order valence-electron chi connectivity index (χ4n) is 4.20. The average Bonchev–Trinajstić information content (AvgIpc) is 2.58. The summed E-state index contributed by atoms with van der Waals surface area (Å²) < 4.78 is 1.11. The summed E-state index contributed by atoms with van der Waals surface area (Å²) in [7, 11) is 0. The number of halogens is 1. The van der Waals surface area contributed by atoms with E-state index < -0.39 is 0 Å². The molecule has 1 aromatic heterocycles. The van der Waals surface area contributed by atoms with Gasteiger partial charge in [-0.25, -0.2) is 0 Å². The third-order valence-corrected chi connectivity index (χ3v) is 5.90. The Bertz CT molecular complexity index is 949. The summed E-state index contributed by atoms with van der Waals surface area (Å²) in [6.07, 6.45) is 2.17. The quantitative estimate of drug-likeness (QED) is 0.498. The van der Waals surface area contributed by atoms with Gasteiger partial charge in [-0.2, -0.15) is 0 Å². The maximum atomic E-state index is 6.67. The number of aromatic nitrogens is 1. The Morgan fingerprint density at radius 3 is 2.23 bits per heavy atom. The molecule has 26 heavy (non-hydrogen) atoms. The van der Waals surface area contributed by atoms with Gasteiger partial charge >= 0.3 is 0 Å². The predicted octanol–water partition coefficient (Wildman–Crippen LogP) is 7.08. The topological polar surface area (TPSA) is 38.9 Å². The first-order valence-corrected chi connectivity index (χ1v) is 10.1. The van der Waals surface area contributed by atoms with E-state index in [0.717, 1.165) is 45.2 Å².